The first-order valence-electron chi connectivity index (χ1n) is 6.85. The molecule has 0 aliphatic heterocycles. The summed E-state index contributed by atoms with van der Waals surface area (Å²) in [6.07, 6.45) is 0.842. The molecule has 0 aliphatic carbocycles. The van der Waals surface area contributed by atoms with E-state index in [-0.39, 0.29) is 11.7 Å². The molecule has 4 heteroatoms. The lowest BCUT2D eigenvalue weighted by molar-refractivity contribution is 0.102. The highest BCUT2D eigenvalue weighted by Gasteiger charge is 2.11. The Morgan fingerprint density at radius 2 is 2.00 bits per heavy atom. The van der Waals surface area contributed by atoms with Crippen molar-refractivity contribution in [3.05, 3.63) is 65.6 Å². The van der Waals surface area contributed by atoms with Crippen molar-refractivity contribution in [1.82, 2.24) is 4.98 Å². The van der Waals surface area contributed by atoms with Crippen molar-refractivity contribution < 1.29 is 9.18 Å². The number of carbonyl (C=O) groups is 1. The largest absolute Gasteiger partial charge is 0.350 e. The van der Waals surface area contributed by atoms with Crippen LogP contribution in [-0.4, -0.2) is 10.9 Å². The van der Waals surface area contributed by atoms with E-state index in [1.54, 1.807) is 12.1 Å². The highest BCUT2D eigenvalue weighted by molar-refractivity contribution is 6.06. The summed E-state index contributed by atoms with van der Waals surface area (Å²) in [6.45, 7) is 2.04. The molecule has 0 saturated heterocycles. The molecule has 1 amide bonds. The van der Waals surface area contributed by atoms with Gasteiger partial charge in [0.15, 0.2) is 0 Å². The Morgan fingerprint density at radius 1 is 1.19 bits per heavy atom. The van der Waals surface area contributed by atoms with Crippen LogP contribution in [-0.2, 0) is 6.42 Å². The number of amides is 1. The summed E-state index contributed by atoms with van der Waals surface area (Å²) < 4.78 is 13.2. The van der Waals surface area contributed by atoms with Gasteiger partial charge < -0.3 is 10.3 Å². The Bertz CT molecular complexity index is 807. The molecule has 2 N–H and O–H groups in total. The zero-order chi connectivity index (χ0) is 14.8. The molecule has 21 heavy (non-hydrogen) atoms. The second-order valence-electron chi connectivity index (χ2n) is 4.88. The van der Waals surface area contributed by atoms with E-state index >= 15 is 0 Å². The summed E-state index contributed by atoms with van der Waals surface area (Å²) in [4.78, 5) is 15.2. The predicted molar refractivity (Wildman–Crippen MR) is 82.0 cm³/mol. The highest BCUT2D eigenvalue weighted by Crippen LogP contribution is 2.19. The number of anilines is 1. The third-order valence-electron chi connectivity index (χ3n) is 3.48. The van der Waals surface area contributed by atoms with Gasteiger partial charge in [-0.25, -0.2) is 4.39 Å². The Morgan fingerprint density at radius 3 is 2.81 bits per heavy atom. The summed E-state index contributed by atoms with van der Waals surface area (Å²) in [7, 11) is 0. The lowest BCUT2D eigenvalue weighted by Gasteiger charge is -2.08. The summed E-state index contributed by atoms with van der Waals surface area (Å²) in [5.41, 5.74) is 2.91. The second kappa shape index (κ2) is 5.40. The van der Waals surface area contributed by atoms with Gasteiger partial charge in [-0.2, -0.15) is 0 Å². The maximum absolute atomic E-state index is 13.2. The molecule has 0 spiro atoms. The number of para-hydroxylation sites is 1. The second-order valence-corrected chi connectivity index (χ2v) is 4.88. The maximum atomic E-state index is 13.2. The van der Waals surface area contributed by atoms with E-state index in [2.05, 4.69) is 10.3 Å². The number of rotatable bonds is 3. The van der Waals surface area contributed by atoms with E-state index in [0.717, 1.165) is 23.1 Å². The third kappa shape index (κ3) is 2.65. The molecule has 3 rings (SSSR count). The third-order valence-corrected chi connectivity index (χ3v) is 3.48. The van der Waals surface area contributed by atoms with Gasteiger partial charge in [0.05, 0.1) is 0 Å². The van der Waals surface area contributed by atoms with Crippen molar-refractivity contribution in [3.63, 3.8) is 0 Å². The van der Waals surface area contributed by atoms with Crippen LogP contribution in [0.4, 0.5) is 10.1 Å². The first kappa shape index (κ1) is 13.4. The molecule has 3 nitrogen and oxygen atoms in total. The standard InChI is InChI=1S/C17H15FN2O/c1-2-11-5-3-4-6-14(11)20-17(21)16-9-12-7-8-13(18)10-15(12)19-16/h3-10,19H,2H2,1H3,(H,20,21). The first-order chi connectivity index (χ1) is 10.2. The van der Waals surface area contributed by atoms with Crippen LogP contribution in [0.25, 0.3) is 10.9 Å². The van der Waals surface area contributed by atoms with E-state index in [1.807, 2.05) is 31.2 Å². The van der Waals surface area contributed by atoms with Crippen molar-refractivity contribution in [2.75, 3.05) is 5.32 Å². The lowest BCUT2D eigenvalue weighted by atomic mass is 10.1. The van der Waals surface area contributed by atoms with Gasteiger partial charge in [0, 0.05) is 16.6 Å². The van der Waals surface area contributed by atoms with Gasteiger partial charge in [0.1, 0.15) is 11.5 Å². The Balaban J connectivity index is 1.90. The van der Waals surface area contributed by atoms with Crippen molar-refractivity contribution in [1.29, 1.82) is 0 Å². The maximum Gasteiger partial charge on any atom is 0.272 e. The number of benzene rings is 2. The molecule has 0 saturated carbocycles. The normalized spacial score (nSPS) is 10.8. The Labute approximate surface area is 121 Å². The number of aromatic amines is 1. The minimum Gasteiger partial charge on any atom is -0.350 e. The predicted octanol–water partition coefficient (Wildman–Crippen LogP) is 4.12. The number of nitrogens with one attached hydrogen (secondary N) is 2. The molecule has 0 fully saturated rings. The summed E-state index contributed by atoms with van der Waals surface area (Å²) in [6, 6.07) is 13.8. The minimum atomic E-state index is -0.326. The number of aromatic nitrogens is 1. The minimum absolute atomic E-state index is 0.229. The van der Waals surface area contributed by atoms with Crippen LogP contribution < -0.4 is 5.32 Å². The monoisotopic (exact) mass is 282 g/mol. The zero-order valence-electron chi connectivity index (χ0n) is 11.6. The average Bonchev–Trinajstić information content (AvgIpc) is 2.91. The van der Waals surface area contributed by atoms with Gasteiger partial charge in [0.25, 0.3) is 5.91 Å². The number of halogens is 1. The van der Waals surface area contributed by atoms with Crippen molar-refractivity contribution in [2.24, 2.45) is 0 Å². The fraction of sp³-hybridized carbons (Fsp3) is 0.118. The topological polar surface area (TPSA) is 44.9 Å². The van der Waals surface area contributed by atoms with Crippen LogP contribution >= 0.6 is 0 Å². The number of H-pyrrole nitrogens is 1. The number of hydrogen-bond donors (Lipinski definition) is 2. The molecular weight excluding hydrogens is 267 g/mol. The quantitative estimate of drug-likeness (QED) is 0.745. The molecule has 3 aromatic rings. The van der Waals surface area contributed by atoms with Crippen molar-refractivity contribution >= 4 is 22.5 Å². The Hall–Kier alpha value is -2.62. The van der Waals surface area contributed by atoms with Gasteiger partial charge in [-0.3, -0.25) is 4.79 Å². The van der Waals surface area contributed by atoms with Crippen molar-refractivity contribution in [3.8, 4) is 0 Å². The molecule has 1 heterocycles. The summed E-state index contributed by atoms with van der Waals surface area (Å²) in [5.74, 6) is -0.555. The molecular formula is C17H15FN2O. The van der Waals surface area contributed by atoms with E-state index < -0.39 is 0 Å². The van der Waals surface area contributed by atoms with E-state index in [4.69, 9.17) is 0 Å². The molecule has 0 unspecified atom stereocenters. The number of aryl methyl sites for hydroxylation is 1. The van der Waals surface area contributed by atoms with Gasteiger partial charge >= 0.3 is 0 Å². The smallest absolute Gasteiger partial charge is 0.272 e. The molecule has 106 valence electrons. The van der Waals surface area contributed by atoms with Gasteiger partial charge in [0.2, 0.25) is 0 Å². The van der Waals surface area contributed by atoms with Crippen LogP contribution in [0.1, 0.15) is 23.0 Å². The number of fused-ring (bicyclic) bond motifs is 1. The van der Waals surface area contributed by atoms with Crippen LogP contribution in [0.2, 0.25) is 0 Å². The van der Waals surface area contributed by atoms with Gasteiger partial charge in [-0.1, -0.05) is 25.1 Å². The zero-order valence-corrected chi connectivity index (χ0v) is 11.6. The number of hydrogen-bond acceptors (Lipinski definition) is 1. The highest BCUT2D eigenvalue weighted by atomic mass is 19.1. The molecule has 0 radical (unpaired) electrons. The Kier molecular flexibility index (Phi) is 3.44. The van der Waals surface area contributed by atoms with Gasteiger partial charge in [-0.15, -0.1) is 0 Å². The van der Waals surface area contributed by atoms with E-state index in [1.165, 1.54) is 12.1 Å². The van der Waals surface area contributed by atoms with E-state index in [9.17, 15) is 9.18 Å². The van der Waals surface area contributed by atoms with Crippen LogP contribution in [0.5, 0.6) is 0 Å². The van der Waals surface area contributed by atoms with Crippen molar-refractivity contribution in [2.45, 2.75) is 13.3 Å². The first-order valence-corrected chi connectivity index (χ1v) is 6.85. The summed E-state index contributed by atoms with van der Waals surface area (Å²) >= 11 is 0. The molecule has 0 atom stereocenters. The molecule has 2 aromatic carbocycles. The average molecular weight is 282 g/mol. The summed E-state index contributed by atoms with van der Waals surface area (Å²) in [5, 5.41) is 3.70. The number of carbonyl (C=O) groups excluding carboxylic acids is 1. The van der Waals surface area contributed by atoms with Crippen LogP contribution in [0.3, 0.4) is 0 Å². The van der Waals surface area contributed by atoms with E-state index in [0.29, 0.717) is 11.2 Å². The lowest BCUT2D eigenvalue weighted by Crippen LogP contribution is -2.13. The molecule has 1 aromatic heterocycles. The van der Waals surface area contributed by atoms with Crippen LogP contribution in [0.15, 0.2) is 48.5 Å². The molecule has 0 bridgehead atoms. The fourth-order valence-electron chi connectivity index (χ4n) is 2.36. The van der Waals surface area contributed by atoms with Gasteiger partial charge in [-0.05, 0) is 42.3 Å². The molecule has 0 aliphatic rings. The van der Waals surface area contributed by atoms with Crippen LogP contribution in [0, 0.1) is 5.82 Å². The SMILES string of the molecule is CCc1ccccc1NC(=O)c1cc2ccc(F)cc2[nH]1. The fourth-order valence-corrected chi connectivity index (χ4v) is 2.36.